The fourth-order valence-corrected chi connectivity index (χ4v) is 6.89. The number of carbonyl (C=O) groups is 1. The number of fused-ring (bicyclic) bond motifs is 2. The average Bonchev–Trinajstić information content (AvgIpc) is 3.21. The maximum absolute atomic E-state index is 12.9. The van der Waals surface area contributed by atoms with E-state index in [4.69, 9.17) is 4.74 Å². The third-order valence-electron chi connectivity index (χ3n) is 5.43. The Hall–Kier alpha value is -1.86. The second-order valence-electron chi connectivity index (χ2n) is 7.15. The van der Waals surface area contributed by atoms with Crippen LogP contribution in [0.1, 0.15) is 47.6 Å². The van der Waals surface area contributed by atoms with Crippen LogP contribution >= 0.6 is 11.3 Å². The monoisotopic (exact) mass is 391 g/mol. The Morgan fingerprint density at radius 3 is 2.73 bits per heavy atom. The van der Waals surface area contributed by atoms with E-state index < -0.39 is 15.1 Å². The van der Waals surface area contributed by atoms with E-state index >= 15 is 0 Å². The molecule has 1 amide bonds. The molecule has 7 heteroatoms. The van der Waals surface area contributed by atoms with Crippen LogP contribution in [0.4, 0.5) is 0 Å². The van der Waals surface area contributed by atoms with Crippen LogP contribution in [0, 0.1) is 13.8 Å². The first-order chi connectivity index (χ1) is 12.3. The summed E-state index contributed by atoms with van der Waals surface area (Å²) >= 11 is 1.23. The van der Waals surface area contributed by atoms with Gasteiger partial charge in [0.15, 0.2) is 9.84 Å². The molecule has 4 rings (SSSR count). The number of carbonyl (C=O) groups excluding carboxylic acids is 1. The molecule has 3 atom stereocenters. The summed E-state index contributed by atoms with van der Waals surface area (Å²) in [6.45, 7) is 6.07. The van der Waals surface area contributed by atoms with Crippen molar-refractivity contribution in [1.82, 2.24) is 5.32 Å². The zero-order valence-corrected chi connectivity index (χ0v) is 16.5. The lowest BCUT2D eigenvalue weighted by Gasteiger charge is -2.28. The molecule has 0 fully saturated rings. The fourth-order valence-electron chi connectivity index (χ4n) is 3.66. The number of ether oxygens (including phenoxy) is 1. The second kappa shape index (κ2) is 6.09. The molecule has 3 heterocycles. The normalized spacial score (nSPS) is 25.9. The number of hydrogen-bond donors (Lipinski definition) is 1. The van der Waals surface area contributed by atoms with Crippen molar-refractivity contribution in [1.29, 1.82) is 0 Å². The van der Waals surface area contributed by atoms with Crippen molar-refractivity contribution in [3.63, 3.8) is 0 Å². The van der Waals surface area contributed by atoms with Crippen molar-refractivity contribution in [2.75, 3.05) is 6.61 Å². The largest absolute Gasteiger partial charge is 0.492 e. The molecule has 138 valence electrons. The quantitative estimate of drug-likeness (QED) is 0.853. The second-order valence-corrected chi connectivity index (χ2v) is 10.6. The Morgan fingerprint density at radius 2 is 1.96 bits per heavy atom. The standard InChI is InChI=1S/C19H21NO4S2/c1-10-6-14-15(9-24-17(14)7-11(10)2)18(21)20-16-8-12(3)26(22,23)19-13(16)4-5-25-19/h4-7,12,15-16H,8-9H2,1-3H3,(H,20,21)/t12-,15?,16-/m0/s1. The molecule has 5 nitrogen and oxygen atoms in total. The summed E-state index contributed by atoms with van der Waals surface area (Å²) in [6.07, 6.45) is 0.394. The van der Waals surface area contributed by atoms with Crippen LogP contribution in [-0.4, -0.2) is 26.2 Å². The number of rotatable bonds is 2. The van der Waals surface area contributed by atoms with Gasteiger partial charge in [0.1, 0.15) is 22.5 Å². The van der Waals surface area contributed by atoms with Crippen LogP contribution in [0.2, 0.25) is 0 Å². The minimum absolute atomic E-state index is 0.111. The highest BCUT2D eigenvalue weighted by molar-refractivity contribution is 7.94. The van der Waals surface area contributed by atoms with Gasteiger partial charge in [-0.25, -0.2) is 8.42 Å². The van der Waals surface area contributed by atoms with E-state index in [-0.39, 0.29) is 17.9 Å². The fraction of sp³-hybridized carbons (Fsp3) is 0.421. The summed E-state index contributed by atoms with van der Waals surface area (Å²) in [5.74, 6) is 0.296. The zero-order valence-electron chi connectivity index (χ0n) is 14.9. The van der Waals surface area contributed by atoms with Gasteiger partial charge < -0.3 is 10.1 Å². The zero-order chi connectivity index (χ0) is 18.6. The van der Waals surface area contributed by atoms with Crippen LogP contribution in [0.25, 0.3) is 0 Å². The maximum Gasteiger partial charge on any atom is 0.231 e. The van der Waals surface area contributed by atoms with Gasteiger partial charge in [0, 0.05) is 11.1 Å². The molecule has 2 aromatic rings. The van der Waals surface area contributed by atoms with Gasteiger partial charge in [0.25, 0.3) is 0 Å². The molecular formula is C19H21NO4S2. The molecule has 0 spiro atoms. The average molecular weight is 392 g/mol. The van der Waals surface area contributed by atoms with Crippen LogP contribution in [0.15, 0.2) is 27.8 Å². The molecule has 0 saturated heterocycles. The summed E-state index contributed by atoms with van der Waals surface area (Å²) in [6, 6.07) is 5.52. The molecule has 2 aliphatic rings. The van der Waals surface area contributed by atoms with Gasteiger partial charge in [-0.05, 0) is 55.8 Å². The smallest absolute Gasteiger partial charge is 0.231 e. The summed E-state index contributed by atoms with van der Waals surface area (Å²) in [4.78, 5) is 12.9. The van der Waals surface area contributed by atoms with Crippen LogP contribution in [0.5, 0.6) is 5.75 Å². The molecule has 1 aromatic carbocycles. The minimum Gasteiger partial charge on any atom is -0.492 e. The molecule has 1 unspecified atom stereocenters. The number of nitrogens with one attached hydrogen (secondary N) is 1. The molecule has 0 saturated carbocycles. The van der Waals surface area contributed by atoms with Crippen molar-refractivity contribution < 1.29 is 17.9 Å². The van der Waals surface area contributed by atoms with E-state index in [9.17, 15) is 13.2 Å². The molecule has 1 N–H and O–H groups in total. The Balaban J connectivity index is 1.61. The molecule has 26 heavy (non-hydrogen) atoms. The van der Waals surface area contributed by atoms with Crippen LogP contribution < -0.4 is 10.1 Å². The van der Waals surface area contributed by atoms with Gasteiger partial charge in [0.2, 0.25) is 5.91 Å². The predicted molar refractivity (Wildman–Crippen MR) is 101 cm³/mol. The van der Waals surface area contributed by atoms with Gasteiger partial charge in [-0.2, -0.15) is 0 Å². The van der Waals surface area contributed by atoms with E-state index in [2.05, 4.69) is 5.32 Å². The van der Waals surface area contributed by atoms with Gasteiger partial charge in [-0.3, -0.25) is 4.79 Å². The summed E-state index contributed by atoms with van der Waals surface area (Å²) in [5.41, 5.74) is 3.89. The highest BCUT2D eigenvalue weighted by Crippen LogP contribution is 2.41. The number of hydrogen-bond acceptors (Lipinski definition) is 5. The number of benzene rings is 1. The Kier molecular flexibility index (Phi) is 4.11. The predicted octanol–water partition coefficient (Wildman–Crippen LogP) is 3.26. The highest BCUT2D eigenvalue weighted by atomic mass is 32.2. The number of amides is 1. The molecule has 1 aromatic heterocycles. The lowest BCUT2D eigenvalue weighted by molar-refractivity contribution is -0.123. The topological polar surface area (TPSA) is 72.5 Å². The molecular weight excluding hydrogens is 370 g/mol. The van der Waals surface area contributed by atoms with Gasteiger partial charge >= 0.3 is 0 Å². The van der Waals surface area contributed by atoms with Crippen molar-refractivity contribution in [2.24, 2.45) is 0 Å². The number of sulfone groups is 1. The van der Waals surface area contributed by atoms with Crippen LogP contribution in [0.3, 0.4) is 0 Å². The van der Waals surface area contributed by atoms with E-state index in [0.717, 1.165) is 22.4 Å². The van der Waals surface area contributed by atoms with E-state index in [1.165, 1.54) is 11.3 Å². The summed E-state index contributed by atoms with van der Waals surface area (Å²) < 4.78 is 31.0. The molecule has 2 aliphatic heterocycles. The van der Waals surface area contributed by atoms with Gasteiger partial charge in [0.05, 0.1) is 11.3 Å². The van der Waals surface area contributed by atoms with Crippen molar-refractivity contribution >= 4 is 27.1 Å². The highest BCUT2D eigenvalue weighted by Gasteiger charge is 2.39. The Morgan fingerprint density at radius 1 is 1.23 bits per heavy atom. The van der Waals surface area contributed by atoms with Crippen molar-refractivity contribution in [3.05, 3.63) is 45.8 Å². The third kappa shape index (κ3) is 2.65. The first-order valence-electron chi connectivity index (χ1n) is 8.64. The van der Waals surface area contributed by atoms with Gasteiger partial charge in [-0.15, -0.1) is 11.3 Å². The first kappa shape index (κ1) is 17.5. The first-order valence-corrected chi connectivity index (χ1v) is 11.1. The van der Waals surface area contributed by atoms with E-state index in [1.807, 2.05) is 26.0 Å². The molecule has 0 bridgehead atoms. The minimum atomic E-state index is -3.28. The Bertz CT molecular complexity index is 993. The van der Waals surface area contributed by atoms with Crippen molar-refractivity contribution in [2.45, 2.75) is 48.6 Å². The summed E-state index contributed by atoms with van der Waals surface area (Å²) in [7, 11) is -3.28. The molecule has 0 aliphatic carbocycles. The third-order valence-corrected chi connectivity index (χ3v) is 9.14. The lowest BCUT2D eigenvalue weighted by Crippen LogP contribution is -2.39. The molecule has 0 radical (unpaired) electrons. The van der Waals surface area contributed by atoms with E-state index in [0.29, 0.717) is 22.8 Å². The van der Waals surface area contributed by atoms with E-state index in [1.54, 1.807) is 18.4 Å². The lowest BCUT2D eigenvalue weighted by atomic mass is 9.95. The number of thiophene rings is 1. The summed E-state index contributed by atoms with van der Waals surface area (Å²) in [5, 5.41) is 4.34. The van der Waals surface area contributed by atoms with Gasteiger partial charge in [-0.1, -0.05) is 6.07 Å². The SMILES string of the molecule is Cc1cc2c(cc1C)C(C(=O)N[C@H]1C[C@H](C)S(=O)(=O)c3sccc31)CO2. The maximum atomic E-state index is 12.9. The number of aryl methyl sites for hydroxylation is 2. The Labute approximate surface area is 157 Å². The van der Waals surface area contributed by atoms with Crippen LogP contribution in [-0.2, 0) is 14.6 Å². The van der Waals surface area contributed by atoms with Crippen molar-refractivity contribution in [3.8, 4) is 5.75 Å².